The summed E-state index contributed by atoms with van der Waals surface area (Å²) < 4.78 is 1.56. The first-order valence-corrected chi connectivity index (χ1v) is 21.7. The summed E-state index contributed by atoms with van der Waals surface area (Å²) in [4.78, 5) is 0. The summed E-state index contributed by atoms with van der Waals surface area (Å²) in [7, 11) is 16.2. The van der Waals surface area contributed by atoms with E-state index in [1.807, 2.05) is 0 Å². The van der Waals surface area contributed by atoms with Crippen LogP contribution in [0.3, 0.4) is 0 Å². The predicted molar refractivity (Wildman–Crippen MR) is 132 cm³/mol. The molecule has 4 rings (SSSR count). The fourth-order valence-electron chi connectivity index (χ4n) is 5.78. The minimum atomic E-state index is -4.65. The number of rotatable bonds is 6. The zero-order valence-electron chi connectivity index (χ0n) is 18.5. The van der Waals surface area contributed by atoms with Gasteiger partial charge in [0.2, 0.25) is 0 Å². The van der Waals surface area contributed by atoms with Crippen molar-refractivity contribution in [2.75, 3.05) is 0 Å². The Morgan fingerprint density at radius 2 is 1.13 bits per heavy atom. The van der Waals surface area contributed by atoms with Crippen molar-refractivity contribution < 1.29 is 15.9 Å². The summed E-state index contributed by atoms with van der Waals surface area (Å²) in [6, 6.07) is 17.5. The van der Waals surface area contributed by atoms with Gasteiger partial charge in [0.05, 0.1) is 0 Å². The Morgan fingerprint density at radius 3 is 1.50 bits per heavy atom. The summed E-state index contributed by atoms with van der Waals surface area (Å²) in [5.74, 6) is 0. The van der Waals surface area contributed by atoms with Crippen molar-refractivity contribution in [3.63, 3.8) is 0 Å². The van der Waals surface area contributed by atoms with Gasteiger partial charge in [0, 0.05) is 0 Å². The summed E-state index contributed by atoms with van der Waals surface area (Å²) in [6.07, 6.45) is 9.09. The second kappa shape index (κ2) is 8.31. The van der Waals surface area contributed by atoms with Crippen molar-refractivity contribution >= 4 is 32.4 Å². The second-order valence-corrected chi connectivity index (χ2v) is 31.0. The van der Waals surface area contributed by atoms with E-state index in [0.717, 1.165) is 25.7 Å². The molecule has 0 N–H and O–H groups in total. The van der Waals surface area contributed by atoms with Gasteiger partial charge in [0.1, 0.15) is 0 Å². The first kappa shape index (κ1) is 22.4. The summed E-state index contributed by atoms with van der Waals surface area (Å²) >= 11 is -4.65. The molecule has 2 aliphatic carbocycles. The second-order valence-electron chi connectivity index (χ2n) is 9.21. The molecule has 2 aliphatic rings. The van der Waals surface area contributed by atoms with E-state index in [4.69, 9.17) is 17.0 Å². The molecule has 0 bridgehead atoms. The molecule has 3 heteroatoms. The van der Waals surface area contributed by atoms with Crippen LogP contribution in [-0.2, 0) is 15.9 Å². The van der Waals surface area contributed by atoms with Crippen molar-refractivity contribution in [2.45, 2.75) is 60.6 Å². The number of hydrogen-bond acceptors (Lipinski definition) is 0. The summed E-state index contributed by atoms with van der Waals surface area (Å²) in [5, 5.41) is 0. The van der Waals surface area contributed by atoms with E-state index in [9.17, 15) is 0 Å². The molecular weight excluding hydrogens is 486 g/mol. The monoisotopic (exact) mass is 516 g/mol. The van der Waals surface area contributed by atoms with Gasteiger partial charge in [-0.25, -0.2) is 0 Å². The molecule has 2 atom stereocenters. The van der Waals surface area contributed by atoms with Crippen LogP contribution in [0.2, 0.25) is 0 Å². The topological polar surface area (TPSA) is 0 Å². The van der Waals surface area contributed by atoms with E-state index in [-0.39, 0.29) is 7.25 Å². The fourth-order valence-corrected chi connectivity index (χ4v) is 24.1. The van der Waals surface area contributed by atoms with Crippen molar-refractivity contribution in [3.05, 3.63) is 81.9 Å². The Balaban J connectivity index is 2.03. The number of benzene rings is 2. The van der Waals surface area contributed by atoms with Gasteiger partial charge in [-0.15, -0.1) is 0 Å². The third kappa shape index (κ3) is 3.32. The van der Waals surface area contributed by atoms with Gasteiger partial charge in [-0.05, 0) is 0 Å². The summed E-state index contributed by atoms with van der Waals surface area (Å²) in [6.45, 7) is 8.92. The van der Waals surface area contributed by atoms with Crippen molar-refractivity contribution in [1.29, 1.82) is 0 Å². The molecule has 0 saturated carbocycles. The molecule has 0 fully saturated rings. The molecular formula is C27H32Cl2Zr. The molecule has 2 aromatic carbocycles. The van der Waals surface area contributed by atoms with E-state index in [1.165, 1.54) is 36.6 Å². The fraction of sp³-hybridized carbons (Fsp3) is 0.370. The Labute approximate surface area is 189 Å². The SMILES string of the molecule is CCCC1=Cc2ccccc2[CH]1[Zr]([Cl])([Cl])(=[C](C)C)[CH]1C(CCC)=Cc2ccccc21. The van der Waals surface area contributed by atoms with Gasteiger partial charge in [0.25, 0.3) is 0 Å². The van der Waals surface area contributed by atoms with Gasteiger partial charge in [0.15, 0.2) is 0 Å². The van der Waals surface area contributed by atoms with E-state index < -0.39 is 15.9 Å². The van der Waals surface area contributed by atoms with Gasteiger partial charge in [-0.1, -0.05) is 0 Å². The minimum absolute atomic E-state index is 0.146. The van der Waals surface area contributed by atoms with Crippen LogP contribution in [0.15, 0.2) is 59.7 Å². The molecule has 0 aromatic heterocycles. The Bertz CT molecular complexity index is 1030. The number of fused-ring (bicyclic) bond motifs is 2. The Morgan fingerprint density at radius 1 is 0.733 bits per heavy atom. The molecule has 30 heavy (non-hydrogen) atoms. The molecule has 0 aliphatic heterocycles. The zero-order chi connectivity index (χ0) is 21.5. The van der Waals surface area contributed by atoms with E-state index in [2.05, 4.69) is 88.4 Å². The third-order valence-electron chi connectivity index (χ3n) is 7.13. The molecule has 2 aromatic rings. The third-order valence-corrected chi connectivity index (χ3v) is 30.0. The van der Waals surface area contributed by atoms with Crippen LogP contribution in [-0.4, -0.2) is 3.21 Å². The Hall–Kier alpha value is -0.747. The number of hydrogen-bond donors (Lipinski definition) is 0. The average Bonchev–Trinajstić information content (AvgIpc) is 3.27. The van der Waals surface area contributed by atoms with Crippen molar-refractivity contribution in [2.24, 2.45) is 0 Å². The molecule has 0 spiro atoms. The van der Waals surface area contributed by atoms with Crippen LogP contribution in [0, 0.1) is 0 Å². The number of allylic oxidation sites excluding steroid dienone is 2. The average molecular weight is 519 g/mol. The Kier molecular flexibility index (Phi) is 6.22. The van der Waals surface area contributed by atoms with Gasteiger partial charge in [-0.3, -0.25) is 0 Å². The molecule has 0 radical (unpaired) electrons. The van der Waals surface area contributed by atoms with Crippen molar-refractivity contribution in [1.82, 2.24) is 0 Å². The maximum absolute atomic E-state index is 8.11. The zero-order valence-corrected chi connectivity index (χ0v) is 22.5. The molecule has 0 heterocycles. The molecule has 2 unspecified atom stereocenters. The number of halogens is 2. The van der Waals surface area contributed by atoms with E-state index >= 15 is 0 Å². The molecule has 0 amide bonds. The molecule has 0 nitrogen and oxygen atoms in total. The summed E-state index contributed by atoms with van der Waals surface area (Å²) in [5.41, 5.74) is 8.19. The van der Waals surface area contributed by atoms with Gasteiger partial charge < -0.3 is 0 Å². The predicted octanol–water partition coefficient (Wildman–Crippen LogP) is 9.07. The first-order chi connectivity index (χ1) is 14.3. The molecule has 158 valence electrons. The van der Waals surface area contributed by atoms with Gasteiger partial charge >= 0.3 is 191 Å². The van der Waals surface area contributed by atoms with Crippen molar-refractivity contribution in [3.8, 4) is 0 Å². The van der Waals surface area contributed by atoms with Crippen LogP contribution >= 0.6 is 17.0 Å². The van der Waals surface area contributed by atoms with Crippen LogP contribution in [0.5, 0.6) is 0 Å². The normalized spacial score (nSPS) is 20.5. The quantitative estimate of drug-likeness (QED) is 0.358. The first-order valence-electron chi connectivity index (χ1n) is 11.3. The van der Waals surface area contributed by atoms with Crippen LogP contribution in [0.25, 0.3) is 12.2 Å². The van der Waals surface area contributed by atoms with E-state index in [1.54, 1.807) is 0 Å². The van der Waals surface area contributed by atoms with Crippen LogP contribution in [0.1, 0.15) is 82.9 Å². The maximum atomic E-state index is 8.11. The van der Waals surface area contributed by atoms with Crippen LogP contribution in [0.4, 0.5) is 0 Å². The molecule has 0 saturated heterocycles. The standard InChI is InChI=1S/2C12H13.C3H6.2ClH.Zr/c2*1-2-5-10-8-11-6-3-4-7-12(11)9-10;1-3-2;;;/h2*3-4,6-9H,2,5H2,1H3;1-2H3;2*1H;/q;;;;;+2/p-2. The van der Waals surface area contributed by atoms with Crippen LogP contribution < -0.4 is 0 Å². The van der Waals surface area contributed by atoms with Gasteiger partial charge in [-0.2, -0.15) is 0 Å². The van der Waals surface area contributed by atoms with E-state index in [0.29, 0.717) is 0 Å².